The van der Waals surface area contributed by atoms with Crippen LogP contribution in [0.25, 0.3) is 0 Å². The van der Waals surface area contributed by atoms with Crippen LogP contribution in [0.5, 0.6) is 5.75 Å². The summed E-state index contributed by atoms with van der Waals surface area (Å²) in [6, 6.07) is 11.3. The Bertz CT molecular complexity index is 1050. The van der Waals surface area contributed by atoms with Crippen molar-refractivity contribution in [2.45, 2.75) is 18.4 Å². The van der Waals surface area contributed by atoms with Crippen molar-refractivity contribution in [2.24, 2.45) is 0 Å². The van der Waals surface area contributed by atoms with Gasteiger partial charge in [0, 0.05) is 29.0 Å². The quantitative estimate of drug-likeness (QED) is 0.391. The highest BCUT2D eigenvalue weighted by atomic mass is 35.5. The molecule has 156 valence electrons. The number of nitrogens with zero attached hydrogens (tertiary/aromatic N) is 3. The van der Waals surface area contributed by atoms with E-state index in [1.54, 1.807) is 55.1 Å². The third-order valence-corrected chi connectivity index (χ3v) is 5.19. The molecule has 0 bridgehead atoms. The standard InChI is InChI=1S/C20H17Cl2N3O5/c21-14-5-6-16(17(22)9-14)20(12-24-8-7-23-13-24)29-11-15(30-20)10-28-19-4-2-1-3-18(19)25(26)27/h1-9,13,15H,10-12H2/t15-,20+/m0/s1. The van der Waals surface area contributed by atoms with E-state index in [0.29, 0.717) is 22.2 Å². The fourth-order valence-electron chi connectivity index (χ4n) is 3.29. The summed E-state index contributed by atoms with van der Waals surface area (Å²) < 4.78 is 19.8. The number of benzene rings is 2. The molecule has 2 aromatic carbocycles. The minimum absolute atomic E-state index is 0.0712. The highest BCUT2D eigenvalue weighted by molar-refractivity contribution is 6.35. The largest absolute Gasteiger partial charge is 0.484 e. The van der Waals surface area contributed by atoms with Gasteiger partial charge >= 0.3 is 5.69 Å². The summed E-state index contributed by atoms with van der Waals surface area (Å²) in [6.07, 6.45) is 4.62. The molecular formula is C20H17Cl2N3O5. The number of hydrogen-bond donors (Lipinski definition) is 0. The lowest BCUT2D eigenvalue weighted by Gasteiger charge is -2.30. The first kappa shape index (κ1) is 20.6. The van der Waals surface area contributed by atoms with Crippen molar-refractivity contribution in [3.63, 3.8) is 0 Å². The number of nitro benzene ring substituents is 1. The molecule has 1 fully saturated rings. The zero-order chi connectivity index (χ0) is 21.1. The smallest absolute Gasteiger partial charge is 0.310 e. The van der Waals surface area contributed by atoms with E-state index in [2.05, 4.69) is 4.98 Å². The van der Waals surface area contributed by atoms with Gasteiger partial charge in [-0.3, -0.25) is 10.1 Å². The van der Waals surface area contributed by atoms with Crippen LogP contribution in [0.4, 0.5) is 5.69 Å². The van der Waals surface area contributed by atoms with Crippen molar-refractivity contribution in [2.75, 3.05) is 13.2 Å². The second-order valence-electron chi connectivity index (χ2n) is 6.70. The number of halogens is 2. The summed E-state index contributed by atoms with van der Waals surface area (Å²) in [5.41, 5.74) is 0.511. The van der Waals surface area contributed by atoms with Gasteiger partial charge in [-0.1, -0.05) is 41.4 Å². The Morgan fingerprint density at radius 1 is 1.30 bits per heavy atom. The van der Waals surface area contributed by atoms with Crippen LogP contribution in [0.1, 0.15) is 5.56 Å². The number of ether oxygens (including phenoxy) is 3. The Balaban J connectivity index is 1.56. The topological polar surface area (TPSA) is 88.7 Å². The first-order valence-electron chi connectivity index (χ1n) is 9.06. The third-order valence-electron chi connectivity index (χ3n) is 4.64. The second-order valence-corrected chi connectivity index (χ2v) is 7.54. The number of hydrogen-bond acceptors (Lipinski definition) is 6. The minimum Gasteiger partial charge on any atom is -0.484 e. The molecule has 1 saturated heterocycles. The van der Waals surface area contributed by atoms with Gasteiger partial charge in [-0.25, -0.2) is 4.98 Å². The van der Waals surface area contributed by atoms with Crippen molar-refractivity contribution in [3.05, 3.63) is 86.9 Å². The molecule has 1 aliphatic rings. The fourth-order valence-corrected chi connectivity index (χ4v) is 3.84. The molecule has 3 aromatic rings. The average Bonchev–Trinajstić information content (AvgIpc) is 3.37. The van der Waals surface area contributed by atoms with Gasteiger partial charge in [-0.15, -0.1) is 0 Å². The molecule has 8 nitrogen and oxygen atoms in total. The van der Waals surface area contributed by atoms with Gasteiger partial charge in [0.25, 0.3) is 0 Å². The number of para-hydroxylation sites is 2. The maximum atomic E-state index is 11.2. The van der Waals surface area contributed by atoms with Gasteiger partial charge < -0.3 is 18.8 Å². The van der Waals surface area contributed by atoms with Gasteiger partial charge in [0.1, 0.15) is 12.7 Å². The van der Waals surface area contributed by atoms with E-state index in [1.807, 2.05) is 4.57 Å². The van der Waals surface area contributed by atoms with E-state index in [4.69, 9.17) is 37.4 Å². The molecule has 10 heteroatoms. The SMILES string of the molecule is O=[N+]([O-])c1ccccc1OC[C@H]1CO[C@@](Cn2ccnc2)(c2ccc(Cl)cc2Cl)O1. The molecule has 4 rings (SSSR count). The summed E-state index contributed by atoms with van der Waals surface area (Å²) in [4.78, 5) is 14.8. The number of rotatable bonds is 7. The van der Waals surface area contributed by atoms with Crippen LogP contribution < -0.4 is 4.74 Å². The Kier molecular flexibility index (Phi) is 5.92. The summed E-state index contributed by atoms with van der Waals surface area (Å²) >= 11 is 12.5. The van der Waals surface area contributed by atoms with Crippen LogP contribution in [0, 0.1) is 10.1 Å². The van der Waals surface area contributed by atoms with Gasteiger partial charge in [-0.2, -0.15) is 0 Å². The molecule has 30 heavy (non-hydrogen) atoms. The zero-order valence-electron chi connectivity index (χ0n) is 15.6. The summed E-state index contributed by atoms with van der Waals surface area (Å²) in [5.74, 6) is -1.01. The molecule has 2 atom stereocenters. The average molecular weight is 450 g/mol. The Hall–Kier alpha value is -2.65. The van der Waals surface area contributed by atoms with Crippen molar-refractivity contribution in [1.29, 1.82) is 0 Å². The van der Waals surface area contributed by atoms with E-state index in [9.17, 15) is 10.1 Å². The second kappa shape index (κ2) is 8.61. The molecule has 0 N–H and O–H groups in total. The molecule has 0 aliphatic carbocycles. The van der Waals surface area contributed by atoms with Crippen LogP contribution >= 0.6 is 23.2 Å². The highest BCUT2D eigenvalue weighted by Crippen LogP contribution is 2.40. The number of imidazole rings is 1. The summed E-state index contributed by atoms with van der Waals surface area (Å²) in [7, 11) is 0. The third kappa shape index (κ3) is 4.27. The molecule has 0 saturated carbocycles. The van der Waals surface area contributed by atoms with Crippen LogP contribution in [-0.2, 0) is 21.8 Å². The van der Waals surface area contributed by atoms with Gasteiger partial charge in [0.15, 0.2) is 5.75 Å². The van der Waals surface area contributed by atoms with Gasteiger partial charge in [-0.05, 0) is 18.2 Å². The van der Waals surface area contributed by atoms with Crippen LogP contribution in [-0.4, -0.2) is 33.8 Å². The van der Waals surface area contributed by atoms with Crippen LogP contribution in [0.2, 0.25) is 10.0 Å². The van der Waals surface area contributed by atoms with Crippen LogP contribution in [0.3, 0.4) is 0 Å². The first-order valence-corrected chi connectivity index (χ1v) is 9.82. The minimum atomic E-state index is -1.18. The van der Waals surface area contributed by atoms with E-state index < -0.39 is 16.8 Å². The first-order chi connectivity index (χ1) is 14.5. The predicted octanol–water partition coefficient (Wildman–Crippen LogP) is 4.45. The molecule has 1 aliphatic heterocycles. The van der Waals surface area contributed by atoms with Crippen molar-refractivity contribution < 1.29 is 19.1 Å². The van der Waals surface area contributed by atoms with Crippen molar-refractivity contribution >= 4 is 28.9 Å². The molecule has 0 amide bonds. The van der Waals surface area contributed by atoms with E-state index in [1.165, 1.54) is 6.07 Å². The molecule has 0 spiro atoms. The lowest BCUT2D eigenvalue weighted by Crippen LogP contribution is -2.34. The van der Waals surface area contributed by atoms with E-state index in [-0.39, 0.29) is 24.7 Å². The van der Waals surface area contributed by atoms with Crippen molar-refractivity contribution in [3.8, 4) is 5.75 Å². The Morgan fingerprint density at radius 2 is 2.13 bits per heavy atom. The molecule has 0 unspecified atom stereocenters. The van der Waals surface area contributed by atoms with E-state index >= 15 is 0 Å². The zero-order valence-corrected chi connectivity index (χ0v) is 17.1. The Labute approximate surface area is 182 Å². The highest BCUT2D eigenvalue weighted by Gasteiger charge is 2.45. The normalized spacial score (nSPS) is 20.9. The van der Waals surface area contributed by atoms with Gasteiger partial charge in [0.2, 0.25) is 5.79 Å². The summed E-state index contributed by atoms with van der Waals surface area (Å²) in [6.45, 7) is 0.590. The molecule has 1 aromatic heterocycles. The lowest BCUT2D eigenvalue weighted by atomic mass is 10.1. The maximum absolute atomic E-state index is 11.2. The predicted molar refractivity (Wildman–Crippen MR) is 110 cm³/mol. The van der Waals surface area contributed by atoms with Crippen molar-refractivity contribution in [1.82, 2.24) is 9.55 Å². The monoisotopic (exact) mass is 449 g/mol. The molecule has 0 radical (unpaired) electrons. The summed E-state index contributed by atoms with van der Waals surface area (Å²) in [5, 5.41) is 12.1. The molecule has 2 heterocycles. The van der Waals surface area contributed by atoms with E-state index in [0.717, 1.165) is 0 Å². The number of nitro groups is 1. The number of aromatic nitrogens is 2. The fraction of sp³-hybridized carbons (Fsp3) is 0.250. The molecular weight excluding hydrogens is 433 g/mol. The Morgan fingerprint density at radius 3 is 2.87 bits per heavy atom. The van der Waals surface area contributed by atoms with Crippen LogP contribution in [0.15, 0.2) is 61.2 Å². The lowest BCUT2D eigenvalue weighted by molar-refractivity contribution is -0.385. The maximum Gasteiger partial charge on any atom is 0.310 e. The van der Waals surface area contributed by atoms with Gasteiger partial charge in [0.05, 0.1) is 29.4 Å².